The number of pyridine rings is 1. The molecule has 0 saturated carbocycles. The zero-order chi connectivity index (χ0) is 11.1. The average molecular weight is 204 g/mol. The number of hydrogen-bond acceptors (Lipinski definition) is 2. The highest BCUT2D eigenvalue weighted by Gasteiger charge is 2.32. The summed E-state index contributed by atoms with van der Waals surface area (Å²) in [7, 11) is 0. The lowest BCUT2D eigenvalue weighted by molar-refractivity contribution is -0.142. The molecule has 2 aromatic rings. The van der Waals surface area contributed by atoms with Gasteiger partial charge in [0, 0.05) is 18.0 Å². The topological polar surface area (TPSA) is 67.7 Å². The second-order valence-electron chi connectivity index (χ2n) is 3.73. The Morgan fingerprint density at radius 1 is 1.40 bits per heavy atom. The molecule has 2 aromatic heterocycles. The average Bonchev–Trinajstić information content (AvgIpc) is 2.61. The molecular formula is C11H12N2O2. The molecule has 0 saturated heterocycles. The Labute approximate surface area is 86.9 Å². The van der Waals surface area contributed by atoms with Crippen molar-refractivity contribution < 1.29 is 9.90 Å². The van der Waals surface area contributed by atoms with Crippen LogP contribution in [-0.2, 0) is 10.3 Å². The van der Waals surface area contributed by atoms with Gasteiger partial charge in [-0.25, -0.2) is 4.79 Å². The van der Waals surface area contributed by atoms with Gasteiger partial charge >= 0.3 is 5.97 Å². The predicted octanol–water partition coefficient (Wildman–Crippen LogP) is 1.20. The van der Waals surface area contributed by atoms with Gasteiger partial charge in [-0.1, -0.05) is 6.07 Å². The third-order valence-electron chi connectivity index (χ3n) is 2.57. The summed E-state index contributed by atoms with van der Waals surface area (Å²) in [5, 5.41) is 9.04. The SMILES string of the molecule is CC(N)(C(=O)O)c1ccn2ccccc12. The Morgan fingerprint density at radius 2 is 2.13 bits per heavy atom. The highest BCUT2D eigenvalue weighted by atomic mass is 16.4. The van der Waals surface area contributed by atoms with Gasteiger partial charge in [0.1, 0.15) is 5.54 Å². The largest absolute Gasteiger partial charge is 0.480 e. The van der Waals surface area contributed by atoms with Gasteiger partial charge in [-0.05, 0) is 25.1 Å². The van der Waals surface area contributed by atoms with E-state index in [1.54, 1.807) is 12.3 Å². The molecule has 15 heavy (non-hydrogen) atoms. The van der Waals surface area contributed by atoms with Gasteiger partial charge < -0.3 is 15.2 Å². The number of rotatable bonds is 2. The summed E-state index contributed by atoms with van der Waals surface area (Å²) in [5.74, 6) is -1.03. The van der Waals surface area contributed by atoms with E-state index in [2.05, 4.69) is 0 Å². The van der Waals surface area contributed by atoms with Crippen molar-refractivity contribution in [3.05, 3.63) is 42.2 Å². The Morgan fingerprint density at radius 3 is 2.80 bits per heavy atom. The highest BCUT2D eigenvalue weighted by Crippen LogP contribution is 2.23. The molecular weight excluding hydrogens is 192 g/mol. The fourth-order valence-electron chi connectivity index (χ4n) is 1.61. The van der Waals surface area contributed by atoms with Gasteiger partial charge in [0.2, 0.25) is 0 Å². The van der Waals surface area contributed by atoms with Crippen molar-refractivity contribution in [1.82, 2.24) is 4.40 Å². The number of aromatic nitrogens is 1. The number of carboxylic acids is 1. The minimum absolute atomic E-state index is 0.621. The molecule has 2 rings (SSSR count). The first-order valence-electron chi connectivity index (χ1n) is 4.62. The third-order valence-corrected chi connectivity index (χ3v) is 2.57. The first kappa shape index (κ1) is 9.73. The van der Waals surface area contributed by atoms with E-state index in [0.717, 1.165) is 5.52 Å². The van der Waals surface area contributed by atoms with Crippen molar-refractivity contribution in [2.45, 2.75) is 12.5 Å². The van der Waals surface area contributed by atoms with Crippen LogP contribution in [0.2, 0.25) is 0 Å². The van der Waals surface area contributed by atoms with E-state index in [4.69, 9.17) is 10.8 Å². The maximum absolute atomic E-state index is 11.0. The molecule has 0 fully saturated rings. The van der Waals surface area contributed by atoms with E-state index in [-0.39, 0.29) is 0 Å². The van der Waals surface area contributed by atoms with E-state index in [9.17, 15) is 4.79 Å². The number of nitrogens with zero attached hydrogens (tertiary/aromatic N) is 1. The quantitative estimate of drug-likeness (QED) is 0.772. The van der Waals surface area contributed by atoms with Gasteiger partial charge in [-0.2, -0.15) is 0 Å². The van der Waals surface area contributed by atoms with E-state index in [1.807, 2.05) is 28.8 Å². The Balaban J connectivity index is 2.67. The Kier molecular flexibility index (Phi) is 2.01. The molecule has 0 aliphatic heterocycles. The molecule has 4 heteroatoms. The van der Waals surface area contributed by atoms with Gasteiger partial charge in [0.05, 0.1) is 5.52 Å². The minimum atomic E-state index is -1.35. The normalized spacial score (nSPS) is 15.1. The molecule has 0 aromatic carbocycles. The van der Waals surface area contributed by atoms with Crippen LogP contribution >= 0.6 is 0 Å². The van der Waals surface area contributed by atoms with Crippen molar-refractivity contribution in [3.63, 3.8) is 0 Å². The minimum Gasteiger partial charge on any atom is -0.480 e. The fraction of sp³-hybridized carbons (Fsp3) is 0.182. The molecule has 0 radical (unpaired) electrons. The molecule has 3 N–H and O–H groups in total. The number of hydrogen-bond donors (Lipinski definition) is 2. The maximum atomic E-state index is 11.0. The second-order valence-corrected chi connectivity index (χ2v) is 3.73. The molecule has 0 aliphatic rings. The van der Waals surface area contributed by atoms with Crippen molar-refractivity contribution in [2.24, 2.45) is 5.73 Å². The third kappa shape index (κ3) is 1.39. The van der Waals surface area contributed by atoms with Crippen LogP contribution in [0.4, 0.5) is 0 Å². The van der Waals surface area contributed by atoms with Crippen molar-refractivity contribution >= 4 is 11.5 Å². The molecule has 78 valence electrons. The van der Waals surface area contributed by atoms with Crippen LogP contribution in [0.3, 0.4) is 0 Å². The van der Waals surface area contributed by atoms with Gasteiger partial charge in [-0.15, -0.1) is 0 Å². The van der Waals surface area contributed by atoms with Crippen molar-refractivity contribution in [3.8, 4) is 0 Å². The zero-order valence-corrected chi connectivity index (χ0v) is 8.34. The van der Waals surface area contributed by atoms with Crippen LogP contribution in [-0.4, -0.2) is 15.5 Å². The first-order valence-corrected chi connectivity index (χ1v) is 4.62. The zero-order valence-electron chi connectivity index (χ0n) is 8.34. The van der Waals surface area contributed by atoms with E-state index in [1.165, 1.54) is 6.92 Å². The van der Waals surface area contributed by atoms with Gasteiger partial charge in [0.15, 0.2) is 0 Å². The van der Waals surface area contributed by atoms with Crippen LogP contribution < -0.4 is 5.73 Å². The van der Waals surface area contributed by atoms with Crippen molar-refractivity contribution in [2.75, 3.05) is 0 Å². The van der Waals surface area contributed by atoms with Gasteiger partial charge in [0.25, 0.3) is 0 Å². The second kappa shape index (κ2) is 3.10. The Hall–Kier alpha value is -1.81. The number of aliphatic carboxylic acids is 1. The molecule has 1 atom stereocenters. The molecule has 0 aliphatic carbocycles. The summed E-state index contributed by atoms with van der Waals surface area (Å²) in [6, 6.07) is 7.33. The lowest BCUT2D eigenvalue weighted by Gasteiger charge is -2.18. The number of nitrogens with two attached hydrogens (primary N) is 1. The molecule has 0 amide bonds. The summed E-state index contributed by atoms with van der Waals surface area (Å²) in [6.07, 6.45) is 3.66. The molecule has 0 spiro atoms. The first-order chi connectivity index (χ1) is 7.03. The predicted molar refractivity (Wildman–Crippen MR) is 56.6 cm³/mol. The smallest absolute Gasteiger partial charge is 0.328 e. The van der Waals surface area contributed by atoms with E-state index >= 15 is 0 Å². The maximum Gasteiger partial charge on any atom is 0.328 e. The number of carbonyl (C=O) groups is 1. The van der Waals surface area contributed by atoms with Crippen molar-refractivity contribution in [1.29, 1.82) is 0 Å². The summed E-state index contributed by atoms with van der Waals surface area (Å²) in [6.45, 7) is 1.50. The molecule has 4 nitrogen and oxygen atoms in total. The van der Waals surface area contributed by atoms with E-state index in [0.29, 0.717) is 5.56 Å². The van der Waals surface area contributed by atoms with Gasteiger partial charge in [-0.3, -0.25) is 0 Å². The lowest BCUT2D eigenvalue weighted by Crippen LogP contribution is -2.41. The Bertz CT molecular complexity index is 514. The summed E-state index contributed by atoms with van der Waals surface area (Å²) < 4.78 is 1.85. The molecule has 1 unspecified atom stereocenters. The summed E-state index contributed by atoms with van der Waals surface area (Å²) in [5.41, 5.74) is 5.87. The van der Waals surface area contributed by atoms with Crippen LogP contribution in [0.25, 0.3) is 5.52 Å². The van der Waals surface area contributed by atoms with Crippen LogP contribution in [0.5, 0.6) is 0 Å². The molecule has 2 heterocycles. The lowest BCUT2D eigenvalue weighted by atomic mass is 9.94. The van der Waals surface area contributed by atoms with Crippen LogP contribution in [0, 0.1) is 0 Å². The highest BCUT2D eigenvalue weighted by molar-refractivity contribution is 5.83. The van der Waals surface area contributed by atoms with E-state index < -0.39 is 11.5 Å². The summed E-state index contributed by atoms with van der Waals surface area (Å²) in [4.78, 5) is 11.0. The van der Waals surface area contributed by atoms with Crippen LogP contribution in [0.15, 0.2) is 36.7 Å². The standard InChI is InChI=1S/C11H12N2O2/c1-11(12,10(14)15)8-5-7-13-6-3-2-4-9(8)13/h2-7H,12H2,1H3,(H,14,15). The number of fused-ring (bicyclic) bond motifs is 1. The number of carboxylic acid groups (broad SMARTS) is 1. The monoisotopic (exact) mass is 204 g/mol. The van der Waals surface area contributed by atoms with Crippen LogP contribution in [0.1, 0.15) is 12.5 Å². The summed E-state index contributed by atoms with van der Waals surface area (Å²) >= 11 is 0. The molecule has 0 bridgehead atoms. The fourth-order valence-corrected chi connectivity index (χ4v) is 1.61.